The van der Waals surface area contributed by atoms with Crippen molar-refractivity contribution in [2.75, 3.05) is 0 Å². The van der Waals surface area contributed by atoms with Crippen molar-refractivity contribution in [1.82, 2.24) is 0 Å². The predicted octanol–water partition coefficient (Wildman–Crippen LogP) is 0.217. The molecule has 24 heavy (non-hydrogen) atoms. The van der Waals surface area contributed by atoms with Crippen LogP contribution in [0.5, 0.6) is 0 Å². The van der Waals surface area contributed by atoms with Crippen LogP contribution in [0.2, 0.25) is 0 Å². The fourth-order valence-corrected chi connectivity index (χ4v) is 1.43. The van der Waals surface area contributed by atoms with Crippen LogP contribution in [0.1, 0.15) is 38.7 Å². The van der Waals surface area contributed by atoms with Crippen molar-refractivity contribution >= 4 is 18.0 Å². The zero-order valence-corrected chi connectivity index (χ0v) is 16.6. The van der Waals surface area contributed by atoms with Gasteiger partial charge in [-0.05, 0) is 30.9 Å². The SMILES string of the molecule is C=C(CCCC)C(=O)[O-].CC(=CC=Cc1ccccc1)C(=O)O.[Na+]. The fourth-order valence-electron chi connectivity index (χ4n) is 1.43. The number of aliphatic carboxylic acids is 2. The largest absolute Gasteiger partial charge is 1.00 e. The summed E-state index contributed by atoms with van der Waals surface area (Å²) in [5.74, 6) is -2.01. The Kier molecular flexibility index (Phi) is 15.3. The van der Waals surface area contributed by atoms with Crippen LogP contribution in [0.4, 0.5) is 0 Å². The predicted molar refractivity (Wildman–Crippen MR) is 90.5 cm³/mol. The maximum Gasteiger partial charge on any atom is 1.00 e. The molecule has 0 unspecified atom stereocenters. The van der Waals surface area contributed by atoms with Crippen molar-refractivity contribution in [1.29, 1.82) is 0 Å². The molecule has 1 N–H and O–H groups in total. The normalized spacial score (nSPS) is 10.3. The molecule has 1 aromatic carbocycles. The van der Waals surface area contributed by atoms with Crippen molar-refractivity contribution in [3.8, 4) is 0 Å². The quantitative estimate of drug-likeness (QED) is 0.438. The summed E-state index contributed by atoms with van der Waals surface area (Å²) in [6, 6.07) is 9.73. The van der Waals surface area contributed by atoms with E-state index >= 15 is 0 Å². The molecular weight excluding hydrogens is 315 g/mol. The van der Waals surface area contributed by atoms with Crippen molar-refractivity contribution in [2.24, 2.45) is 0 Å². The minimum Gasteiger partial charge on any atom is -0.545 e. The summed E-state index contributed by atoms with van der Waals surface area (Å²) in [4.78, 5) is 20.4. The molecule has 5 heteroatoms. The van der Waals surface area contributed by atoms with E-state index in [9.17, 15) is 14.7 Å². The zero-order valence-electron chi connectivity index (χ0n) is 14.6. The third-order valence-electron chi connectivity index (χ3n) is 2.89. The van der Waals surface area contributed by atoms with Crippen LogP contribution in [-0.2, 0) is 9.59 Å². The van der Waals surface area contributed by atoms with Gasteiger partial charge in [-0.15, -0.1) is 0 Å². The summed E-state index contributed by atoms with van der Waals surface area (Å²) >= 11 is 0. The smallest absolute Gasteiger partial charge is 0.545 e. The van der Waals surface area contributed by atoms with E-state index in [2.05, 4.69) is 6.58 Å². The molecule has 1 rings (SSSR count). The second-order valence-corrected chi connectivity index (χ2v) is 4.92. The molecule has 124 valence electrons. The number of benzene rings is 1. The van der Waals surface area contributed by atoms with E-state index < -0.39 is 11.9 Å². The maximum absolute atomic E-state index is 10.4. The van der Waals surface area contributed by atoms with E-state index in [1.165, 1.54) is 0 Å². The number of carboxylic acids is 2. The monoisotopic (exact) mass is 338 g/mol. The third-order valence-corrected chi connectivity index (χ3v) is 2.89. The number of carbonyl (C=O) groups is 2. The molecule has 0 aliphatic rings. The second-order valence-electron chi connectivity index (χ2n) is 4.92. The second kappa shape index (κ2) is 14.9. The van der Waals surface area contributed by atoms with Gasteiger partial charge in [-0.25, -0.2) is 4.79 Å². The standard InChI is InChI=1S/C12H12O2.C7H12O2.Na/c1-10(12(13)14)6-5-9-11-7-3-2-4-8-11;1-3-4-5-6(2)7(8)9;/h2-9H,1H3,(H,13,14);2-5H2,1H3,(H,8,9);/q;;+1/p-1. The summed E-state index contributed by atoms with van der Waals surface area (Å²) in [6.07, 6.45) is 7.61. The molecule has 0 bridgehead atoms. The molecule has 4 nitrogen and oxygen atoms in total. The van der Waals surface area contributed by atoms with Gasteiger partial charge in [0.15, 0.2) is 0 Å². The Balaban J connectivity index is 0. The van der Waals surface area contributed by atoms with Gasteiger partial charge < -0.3 is 15.0 Å². The number of carbonyl (C=O) groups excluding carboxylic acids is 1. The molecule has 0 saturated carbocycles. The molecule has 0 heterocycles. The van der Waals surface area contributed by atoms with Gasteiger partial charge in [-0.1, -0.05) is 68.5 Å². The first kappa shape index (κ1) is 24.6. The molecule has 0 amide bonds. The average molecular weight is 338 g/mol. The van der Waals surface area contributed by atoms with Crippen molar-refractivity contribution in [3.63, 3.8) is 0 Å². The van der Waals surface area contributed by atoms with Gasteiger partial charge >= 0.3 is 35.5 Å². The van der Waals surface area contributed by atoms with Gasteiger partial charge in [-0.3, -0.25) is 0 Å². The van der Waals surface area contributed by atoms with E-state index in [-0.39, 0.29) is 35.1 Å². The van der Waals surface area contributed by atoms with Crippen LogP contribution < -0.4 is 34.7 Å². The van der Waals surface area contributed by atoms with Crippen molar-refractivity contribution in [3.05, 3.63) is 65.8 Å². The Labute approximate surface area is 165 Å². The van der Waals surface area contributed by atoms with E-state index in [4.69, 9.17) is 5.11 Å². The number of hydrogen-bond acceptors (Lipinski definition) is 3. The van der Waals surface area contributed by atoms with Crippen LogP contribution >= 0.6 is 0 Å². The van der Waals surface area contributed by atoms with Crippen molar-refractivity contribution < 1.29 is 49.4 Å². The summed E-state index contributed by atoms with van der Waals surface area (Å²) in [5, 5.41) is 18.6. The van der Waals surface area contributed by atoms with Gasteiger partial charge in [0.25, 0.3) is 0 Å². The summed E-state index contributed by atoms with van der Waals surface area (Å²) in [7, 11) is 0. The first-order chi connectivity index (χ1) is 10.9. The fraction of sp³-hybridized carbons (Fsp3) is 0.263. The summed E-state index contributed by atoms with van der Waals surface area (Å²) < 4.78 is 0. The van der Waals surface area contributed by atoms with Crippen molar-refractivity contribution in [2.45, 2.75) is 33.1 Å². The number of unbranched alkanes of at least 4 members (excludes halogenated alkanes) is 1. The van der Waals surface area contributed by atoms with Crippen LogP contribution in [0, 0.1) is 0 Å². The molecule has 0 fully saturated rings. The number of carboxylic acid groups (broad SMARTS) is 2. The molecule has 0 aliphatic carbocycles. The maximum atomic E-state index is 10.4. The van der Waals surface area contributed by atoms with Crippen LogP contribution in [0.3, 0.4) is 0 Å². The molecule has 0 radical (unpaired) electrons. The average Bonchev–Trinajstić information content (AvgIpc) is 2.53. The van der Waals surface area contributed by atoms with Gasteiger partial charge in [0, 0.05) is 5.57 Å². The first-order valence-electron chi connectivity index (χ1n) is 7.40. The molecule has 1 aromatic rings. The minimum atomic E-state index is -1.12. The Hall–Kier alpha value is -1.62. The molecular formula is C19H23NaO4. The summed E-state index contributed by atoms with van der Waals surface area (Å²) in [6.45, 7) is 6.90. The topological polar surface area (TPSA) is 77.4 Å². The van der Waals surface area contributed by atoms with E-state index in [1.54, 1.807) is 19.1 Å². The number of allylic oxidation sites excluding steroid dienone is 2. The van der Waals surface area contributed by atoms with Crippen LogP contribution in [0.15, 0.2) is 60.2 Å². The molecule has 0 spiro atoms. The molecule has 0 atom stereocenters. The molecule has 0 aliphatic heterocycles. The van der Waals surface area contributed by atoms with Gasteiger partial charge in [-0.2, -0.15) is 0 Å². The zero-order chi connectivity index (χ0) is 17.7. The Morgan fingerprint density at radius 1 is 1.25 bits per heavy atom. The van der Waals surface area contributed by atoms with Gasteiger partial charge in [0.05, 0.1) is 5.97 Å². The third kappa shape index (κ3) is 12.9. The molecule has 0 aromatic heterocycles. The Morgan fingerprint density at radius 3 is 2.29 bits per heavy atom. The van der Waals surface area contributed by atoms with Crippen LogP contribution in [-0.4, -0.2) is 17.0 Å². The van der Waals surface area contributed by atoms with E-state index in [0.29, 0.717) is 12.0 Å². The Morgan fingerprint density at radius 2 is 1.83 bits per heavy atom. The number of rotatable bonds is 7. The number of hydrogen-bond donors (Lipinski definition) is 1. The molecule has 0 saturated heterocycles. The van der Waals surface area contributed by atoms with Crippen LogP contribution in [0.25, 0.3) is 6.08 Å². The minimum absolute atomic E-state index is 0. The Bertz CT molecular complexity index is 574. The van der Waals surface area contributed by atoms with Gasteiger partial charge in [0.1, 0.15) is 0 Å². The van der Waals surface area contributed by atoms with E-state index in [1.807, 2.05) is 43.3 Å². The van der Waals surface area contributed by atoms with Gasteiger partial charge in [0.2, 0.25) is 0 Å². The van der Waals surface area contributed by atoms with E-state index in [0.717, 1.165) is 18.4 Å². The summed E-state index contributed by atoms with van der Waals surface area (Å²) in [5.41, 5.74) is 1.59. The first-order valence-corrected chi connectivity index (χ1v) is 7.40.